The van der Waals surface area contributed by atoms with Gasteiger partial charge in [0.15, 0.2) is 0 Å². The lowest BCUT2D eigenvalue weighted by Gasteiger charge is -2.18. The molecule has 0 N–H and O–H groups in total. The third-order valence-corrected chi connectivity index (χ3v) is 6.07. The molecule has 4 nitrogen and oxygen atoms in total. The summed E-state index contributed by atoms with van der Waals surface area (Å²) >= 11 is 3.48. The van der Waals surface area contributed by atoms with E-state index in [2.05, 4.69) is 20.5 Å². The number of amides is 1. The Morgan fingerprint density at radius 1 is 1.03 bits per heavy atom. The third-order valence-electron chi connectivity index (χ3n) is 5.58. The van der Waals surface area contributed by atoms with E-state index in [9.17, 15) is 9.18 Å². The molecule has 2 heterocycles. The van der Waals surface area contributed by atoms with Gasteiger partial charge in [0, 0.05) is 34.6 Å². The van der Waals surface area contributed by atoms with Crippen LogP contribution in [0.3, 0.4) is 0 Å². The number of benzene rings is 3. The number of aromatic nitrogens is 2. The van der Waals surface area contributed by atoms with Crippen LogP contribution in [0.15, 0.2) is 77.3 Å². The topological polar surface area (TPSA) is 38.1 Å². The fraction of sp³-hybridized carbons (Fsp3) is 0.167. The Bertz CT molecular complexity index is 1250. The lowest BCUT2D eigenvalue weighted by atomic mass is 10.1. The molecule has 0 radical (unpaired) electrons. The van der Waals surface area contributed by atoms with E-state index >= 15 is 0 Å². The van der Waals surface area contributed by atoms with Crippen LogP contribution >= 0.6 is 15.9 Å². The molecule has 1 fully saturated rings. The first-order valence-electron chi connectivity index (χ1n) is 9.84. The molecule has 0 bridgehead atoms. The minimum Gasteiger partial charge on any atom is -0.323 e. The fourth-order valence-electron chi connectivity index (χ4n) is 4.14. The van der Waals surface area contributed by atoms with Gasteiger partial charge in [-0.3, -0.25) is 4.79 Å². The first-order chi connectivity index (χ1) is 14.6. The van der Waals surface area contributed by atoms with Crippen LogP contribution in [0.4, 0.5) is 10.1 Å². The van der Waals surface area contributed by atoms with Crippen molar-refractivity contribution in [3.05, 3.63) is 94.5 Å². The molecule has 3 aromatic carbocycles. The van der Waals surface area contributed by atoms with E-state index in [1.807, 2.05) is 59.5 Å². The van der Waals surface area contributed by atoms with Gasteiger partial charge in [-0.2, -0.15) is 0 Å². The van der Waals surface area contributed by atoms with E-state index in [-0.39, 0.29) is 17.6 Å². The van der Waals surface area contributed by atoms with Gasteiger partial charge in [-0.15, -0.1) is 0 Å². The van der Waals surface area contributed by atoms with Crippen molar-refractivity contribution in [3.63, 3.8) is 0 Å². The Morgan fingerprint density at radius 3 is 2.67 bits per heavy atom. The molecule has 6 heteroatoms. The van der Waals surface area contributed by atoms with Crippen LogP contribution in [0, 0.1) is 5.82 Å². The van der Waals surface area contributed by atoms with Gasteiger partial charge in [-0.1, -0.05) is 52.3 Å². The molecule has 0 aliphatic carbocycles. The summed E-state index contributed by atoms with van der Waals surface area (Å²) in [6.07, 6.45) is 0.382. The van der Waals surface area contributed by atoms with Gasteiger partial charge in [-0.05, 0) is 36.4 Å². The molecule has 0 saturated carbocycles. The van der Waals surface area contributed by atoms with Gasteiger partial charge in [0.25, 0.3) is 0 Å². The first kappa shape index (κ1) is 19.0. The fourth-order valence-corrected chi connectivity index (χ4v) is 4.53. The van der Waals surface area contributed by atoms with Crippen molar-refractivity contribution in [2.24, 2.45) is 0 Å². The number of imidazole rings is 1. The van der Waals surface area contributed by atoms with Gasteiger partial charge < -0.3 is 9.47 Å². The summed E-state index contributed by atoms with van der Waals surface area (Å²) in [5.74, 6) is 0.600. The summed E-state index contributed by atoms with van der Waals surface area (Å²) in [4.78, 5) is 19.5. The average molecular weight is 464 g/mol. The monoisotopic (exact) mass is 463 g/mol. The highest BCUT2D eigenvalue weighted by molar-refractivity contribution is 9.10. The first-order valence-corrected chi connectivity index (χ1v) is 10.6. The van der Waals surface area contributed by atoms with E-state index in [1.165, 1.54) is 6.07 Å². The van der Waals surface area contributed by atoms with Gasteiger partial charge in [0.2, 0.25) is 5.91 Å². The number of carbonyl (C=O) groups excluding carboxylic acids is 1. The van der Waals surface area contributed by atoms with Crippen molar-refractivity contribution in [1.82, 2.24) is 9.55 Å². The van der Waals surface area contributed by atoms with E-state index in [4.69, 9.17) is 4.98 Å². The number of para-hydroxylation sites is 2. The number of rotatable bonds is 4. The van der Waals surface area contributed by atoms with Crippen LogP contribution < -0.4 is 4.90 Å². The SMILES string of the molecule is O=C1CC(c2nc3ccccc3n2Cc2ccccc2F)CN1c1cccc(Br)c1. The Balaban J connectivity index is 1.54. The maximum Gasteiger partial charge on any atom is 0.227 e. The number of nitrogens with zero attached hydrogens (tertiary/aromatic N) is 3. The minimum atomic E-state index is -0.237. The van der Waals surface area contributed by atoms with E-state index in [1.54, 1.807) is 12.1 Å². The quantitative estimate of drug-likeness (QED) is 0.400. The molecule has 30 heavy (non-hydrogen) atoms. The highest BCUT2D eigenvalue weighted by Gasteiger charge is 2.35. The third kappa shape index (κ3) is 3.41. The second-order valence-corrected chi connectivity index (χ2v) is 8.44. The molecule has 150 valence electrons. The standard InChI is InChI=1S/C24H19BrFN3O/c25-18-7-5-8-19(13-18)28-15-17(12-23(28)30)24-27-21-10-3-4-11-22(21)29(24)14-16-6-1-2-9-20(16)26/h1-11,13,17H,12,14-15H2. The summed E-state index contributed by atoms with van der Waals surface area (Å²) in [7, 11) is 0. The van der Waals surface area contributed by atoms with E-state index in [0.717, 1.165) is 27.0 Å². The van der Waals surface area contributed by atoms with Crippen molar-refractivity contribution >= 4 is 38.6 Å². The Hall–Kier alpha value is -2.99. The molecule has 0 spiro atoms. The van der Waals surface area contributed by atoms with Gasteiger partial charge in [-0.25, -0.2) is 9.37 Å². The predicted octanol–water partition coefficient (Wildman–Crippen LogP) is 5.51. The molecular formula is C24H19BrFN3O. The van der Waals surface area contributed by atoms with Crippen LogP contribution in [-0.4, -0.2) is 22.0 Å². The summed E-state index contributed by atoms with van der Waals surface area (Å²) < 4.78 is 17.4. The molecule has 5 rings (SSSR count). The maximum absolute atomic E-state index is 14.4. The number of halogens is 2. The number of anilines is 1. The predicted molar refractivity (Wildman–Crippen MR) is 119 cm³/mol. The summed E-state index contributed by atoms with van der Waals surface area (Å²) in [6.45, 7) is 0.931. The van der Waals surface area contributed by atoms with Crippen LogP contribution in [0.25, 0.3) is 11.0 Å². The van der Waals surface area contributed by atoms with Crippen LogP contribution in [0.5, 0.6) is 0 Å². The van der Waals surface area contributed by atoms with Gasteiger partial charge in [0.1, 0.15) is 11.6 Å². The second kappa shape index (κ2) is 7.69. The Morgan fingerprint density at radius 2 is 1.83 bits per heavy atom. The van der Waals surface area contributed by atoms with Crippen molar-refractivity contribution in [2.45, 2.75) is 18.9 Å². The molecule has 1 aliphatic heterocycles. The lowest BCUT2D eigenvalue weighted by Crippen LogP contribution is -2.24. The molecule has 1 amide bonds. The van der Waals surface area contributed by atoms with Crippen molar-refractivity contribution < 1.29 is 9.18 Å². The van der Waals surface area contributed by atoms with Crippen LogP contribution in [0.1, 0.15) is 23.7 Å². The van der Waals surface area contributed by atoms with Crippen LogP contribution in [0.2, 0.25) is 0 Å². The molecule has 1 atom stereocenters. The minimum absolute atomic E-state index is 0.0596. The summed E-state index contributed by atoms with van der Waals surface area (Å²) in [5, 5.41) is 0. The smallest absolute Gasteiger partial charge is 0.227 e. The zero-order valence-electron chi connectivity index (χ0n) is 16.1. The maximum atomic E-state index is 14.4. The van der Waals surface area contributed by atoms with Crippen molar-refractivity contribution in [3.8, 4) is 0 Å². The zero-order chi connectivity index (χ0) is 20.7. The van der Waals surface area contributed by atoms with Crippen molar-refractivity contribution in [1.29, 1.82) is 0 Å². The summed E-state index contributed by atoms with van der Waals surface area (Å²) in [6, 6.07) is 22.4. The largest absolute Gasteiger partial charge is 0.323 e. The number of carbonyl (C=O) groups is 1. The van der Waals surface area contributed by atoms with Crippen molar-refractivity contribution in [2.75, 3.05) is 11.4 Å². The lowest BCUT2D eigenvalue weighted by molar-refractivity contribution is -0.117. The Kier molecular flexibility index (Phi) is 4.87. The molecule has 1 aromatic heterocycles. The molecular weight excluding hydrogens is 445 g/mol. The molecule has 1 aliphatic rings. The number of hydrogen-bond donors (Lipinski definition) is 0. The molecule has 4 aromatic rings. The Labute approximate surface area is 182 Å². The van der Waals surface area contributed by atoms with E-state index in [0.29, 0.717) is 25.1 Å². The number of fused-ring (bicyclic) bond motifs is 1. The van der Waals surface area contributed by atoms with Gasteiger partial charge in [0.05, 0.1) is 17.6 Å². The second-order valence-electron chi connectivity index (χ2n) is 7.52. The normalized spacial score (nSPS) is 16.5. The summed E-state index contributed by atoms with van der Waals surface area (Å²) in [5.41, 5.74) is 3.28. The van der Waals surface area contributed by atoms with Crippen LogP contribution in [-0.2, 0) is 11.3 Å². The molecule has 1 saturated heterocycles. The average Bonchev–Trinajstić information content (AvgIpc) is 3.30. The van der Waals surface area contributed by atoms with Gasteiger partial charge >= 0.3 is 0 Å². The highest BCUT2D eigenvalue weighted by atomic mass is 79.9. The zero-order valence-corrected chi connectivity index (χ0v) is 17.7. The number of hydrogen-bond acceptors (Lipinski definition) is 2. The molecule has 1 unspecified atom stereocenters. The highest BCUT2D eigenvalue weighted by Crippen LogP contribution is 2.34. The van der Waals surface area contributed by atoms with E-state index < -0.39 is 0 Å².